The Morgan fingerprint density at radius 3 is 2.79 bits per heavy atom. The molecule has 3 aromatic rings. The minimum atomic E-state index is -0.319. The number of nitrogens with one attached hydrogen (secondary N) is 2. The Hall–Kier alpha value is -2.55. The molecular formula is C15H18N6O2S. The Balaban J connectivity index is 1.80. The Morgan fingerprint density at radius 1 is 1.38 bits per heavy atom. The Morgan fingerprint density at radius 2 is 2.12 bits per heavy atom. The lowest BCUT2D eigenvalue weighted by atomic mass is 9.96. The molecule has 24 heavy (non-hydrogen) atoms. The molecule has 9 heteroatoms. The number of H-pyrrole nitrogens is 1. The maximum Gasteiger partial charge on any atom is 0.276 e. The van der Waals surface area contributed by atoms with Gasteiger partial charge in [-0.05, 0) is 6.92 Å². The molecule has 3 rings (SSSR count). The number of aryl methyl sites for hydroxylation is 1. The Kier molecular flexibility index (Phi) is 3.96. The SMILES string of the molecule is Cc1nc2cc[nH]n2c(=O)c1CC(=O)Nc1nc(C(C)(C)C)ns1. The van der Waals surface area contributed by atoms with E-state index in [9.17, 15) is 9.59 Å². The summed E-state index contributed by atoms with van der Waals surface area (Å²) in [4.78, 5) is 33.3. The highest BCUT2D eigenvalue weighted by atomic mass is 32.1. The third kappa shape index (κ3) is 3.07. The van der Waals surface area contributed by atoms with Gasteiger partial charge in [-0.15, -0.1) is 0 Å². The summed E-state index contributed by atoms with van der Waals surface area (Å²) < 4.78 is 5.57. The van der Waals surface area contributed by atoms with Crippen LogP contribution in [-0.2, 0) is 16.6 Å². The molecule has 126 valence electrons. The van der Waals surface area contributed by atoms with Crippen molar-refractivity contribution in [3.63, 3.8) is 0 Å². The van der Waals surface area contributed by atoms with Crippen LogP contribution in [0.25, 0.3) is 5.65 Å². The van der Waals surface area contributed by atoms with E-state index in [4.69, 9.17) is 0 Å². The summed E-state index contributed by atoms with van der Waals surface area (Å²) in [6.45, 7) is 7.73. The van der Waals surface area contributed by atoms with Crippen molar-refractivity contribution in [3.8, 4) is 0 Å². The molecule has 0 saturated heterocycles. The van der Waals surface area contributed by atoms with Gasteiger partial charge in [0.2, 0.25) is 11.0 Å². The number of fused-ring (bicyclic) bond motifs is 1. The molecule has 0 saturated carbocycles. The number of rotatable bonds is 3. The van der Waals surface area contributed by atoms with E-state index in [1.54, 1.807) is 19.2 Å². The highest BCUT2D eigenvalue weighted by Crippen LogP contribution is 2.22. The van der Waals surface area contributed by atoms with Gasteiger partial charge in [0, 0.05) is 40.5 Å². The van der Waals surface area contributed by atoms with Gasteiger partial charge in [-0.3, -0.25) is 14.7 Å². The van der Waals surface area contributed by atoms with E-state index in [0.29, 0.717) is 27.9 Å². The number of aromatic nitrogens is 5. The molecule has 2 N–H and O–H groups in total. The van der Waals surface area contributed by atoms with Gasteiger partial charge in [-0.25, -0.2) is 14.5 Å². The minimum Gasteiger partial charge on any atom is -0.300 e. The molecule has 0 aliphatic heterocycles. The fraction of sp³-hybridized carbons (Fsp3) is 0.400. The predicted octanol–water partition coefficient (Wildman–Crippen LogP) is 1.66. The van der Waals surface area contributed by atoms with Crippen LogP contribution in [0.1, 0.15) is 37.9 Å². The normalized spacial score (nSPS) is 11.8. The third-order valence-electron chi connectivity index (χ3n) is 3.53. The fourth-order valence-electron chi connectivity index (χ4n) is 2.21. The van der Waals surface area contributed by atoms with Crippen LogP contribution in [0.15, 0.2) is 17.1 Å². The molecule has 0 unspecified atom stereocenters. The van der Waals surface area contributed by atoms with Crippen LogP contribution >= 0.6 is 11.5 Å². The Bertz CT molecular complexity index is 962. The summed E-state index contributed by atoms with van der Waals surface area (Å²) in [6, 6.07) is 1.70. The molecule has 0 aliphatic rings. The van der Waals surface area contributed by atoms with Crippen LogP contribution in [0.3, 0.4) is 0 Å². The van der Waals surface area contributed by atoms with Crippen LogP contribution in [0.4, 0.5) is 5.13 Å². The van der Waals surface area contributed by atoms with Crippen molar-refractivity contribution in [1.29, 1.82) is 0 Å². The fourth-order valence-corrected chi connectivity index (χ4v) is 2.99. The van der Waals surface area contributed by atoms with Gasteiger partial charge in [0.15, 0.2) is 5.65 Å². The molecule has 0 bridgehead atoms. The first-order valence-corrected chi connectivity index (χ1v) is 8.22. The maximum atomic E-state index is 12.4. The molecule has 0 atom stereocenters. The number of aromatic amines is 1. The average molecular weight is 346 g/mol. The first-order chi connectivity index (χ1) is 11.3. The van der Waals surface area contributed by atoms with Crippen LogP contribution in [0, 0.1) is 6.92 Å². The number of anilines is 1. The first-order valence-electron chi connectivity index (χ1n) is 7.45. The summed E-state index contributed by atoms with van der Waals surface area (Å²) in [7, 11) is 0. The highest BCUT2D eigenvalue weighted by Gasteiger charge is 2.21. The standard InChI is InChI=1S/C15H18N6O2S/c1-8-9(12(23)21-10(17-8)5-6-16-21)7-11(22)18-14-19-13(20-24-14)15(2,3)4/h5-6,16H,7H2,1-4H3,(H,18,19,20,22). The van der Waals surface area contributed by atoms with Crippen LogP contribution in [-0.4, -0.2) is 29.9 Å². The van der Waals surface area contributed by atoms with Gasteiger partial charge >= 0.3 is 0 Å². The van der Waals surface area contributed by atoms with E-state index in [2.05, 4.69) is 24.8 Å². The summed E-state index contributed by atoms with van der Waals surface area (Å²) in [6.07, 6.45) is 1.56. The van der Waals surface area contributed by atoms with Gasteiger partial charge < -0.3 is 5.32 Å². The van der Waals surface area contributed by atoms with E-state index >= 15 is 0 Å². The first kappa shape index (κ1) is 16.3. The van der Waals surface area contributed by atoms with E-state index in [1.165, 1.54) is 4.52 Å². The van der Waals surface area contributed by atoms with Crippen LogP contribution in [0.5, 0.6) is 0 Å². The molecule has 0 aromatic carbocycles. The van der Waals surface area contributed by atoms with Crippen molar-refractivity contribution in [2.24, 2.45) is 0 Å². The zero-order chi connectivity index (χ0) is 17.5. The van der Waals surface area contributed by atoms with Crippen molar-refractivity contribution in [3.05, 3.63) is 39.7 Å². The number of carbonyl (C=O) groups excluding carboxylic acids is 1. The second-order valence-corrected chi connectivity index (χ2v) is 7.29. The van der Waals surface area contributed by atoms with Crippen LogP contribution in [0.2, 0.25) is 0 Å². The summed E-state index contributed by atoms with van der Waals surface area (Å²) in [5, 5.41) is 5.91. The lowest BCUT2D eigenvalue weighted by Gasteiger charge is -2.12. The monoisotopic (exact) mass is 346 g/mol. The summed E-state index contributed by atoms with van der Waals surface area (Å²) in [5.41, 5.74) is 0.971. The van der Waals surface area contributed by atoms with Gasteiger partial charge in [-0.2, -0.15) is 4.37 Å². The van der Waals surface area contributed by atoms with Gasteiger partial charge in [0.25, 0.3) is 5.56 Å². The zero-order valence-corrected chi connectivity index (χ0v) is 14.7. The average Bonchev–Trinajstić information content (AvgIpc) is 3.11. The highest BCUT2D eigenvalue weighted by molar-refractivity contribution is 7.09. The minimum absolute atomic E-state index is 0.0654. The number of carbonyl (C=O) groups is 1. The van der Waals surface area contributed by atoms with E-state index in [-0.39, 0.29) is 23.3 Å². The lowest BCUT2D eigenvalue weighted by Crippen LogP contribution is -2.26. The quantitative estimate of drug-likeness (QED) is 0.750. The molecule has 0 fully saturated rings. The third-order valence-corrected chi connectivity index (χ3v) is 4.16. The number of nitrogens with zero attached hydrogens (tertiary/aromatic N) is 4. The van der Waals surface area contributed by atoms with Gasteiger partial charge in [0.05, 0.1) is 6.42 Å². The molecule has 3 heterocycles. The molecule has 3 aromatic heterocycles. The molecule has 0 spiro atoms. The van der Waals surface area contributed by atoms with Gasteiger partial charge in [-0.1, -0.05) is 20.8 Å². The number of hydrogen-bond donors (Lipinski definition) is 2. The van der Waals surface area contributed by atoms with Crippen molar-refractivity contribution in [1.82, 2.24) is 24.0 Å². The van der Waals surface area contributed by atoms with Crippen molar-refractivity contribution in [2.45, 2.75) is 39.5 Å². The Labute approximate surface area is 142 Å². The largest absolute Gasteiger partial charge is 0.300 e. The molecule has 0 aliphatic carbocycles. The summed E-state index contributed by atoms with van der Waals surface area (Å²) in [5.74, 6) is 0.355. The van der Waals surface area contributed by atoms with Gasteiger partial charge in [0.1, 0.15) is 5.82 Å². The second kappa shape index (κ2) is 5.82. The molecular weight excluding hydrogens is 328 g/mol. The topological polar surface area (TPSA) is 105 Å². The molecule has 8 nitrogen and oxygen atoms in total. The van der Waals surface area contributed by atoms with E-state index in [0.717, 1.165) is 11.5 Å². The lowest BCUT2D eigenvalue weighted by molar-refractivity contribution is -0.115. The number of amides is 1. The molecule has 0 radical (unpaired) electrons. The van der Waals surface area contributed by atoms with E-state index < -0.39 is 0 Å². The zero-order valence-electron chi connectivity index (χ0n) is 13.9. The predicted molar refractivity (Wildman–Crippen MR) is 91.5 cm³/mol. The maximum absolute atomic E-state index is 12.4. The summed E-state index contributed by atoms with van der Waals surface area (Å²) >= 11 is 1.13. The van der Waals surface area contributed by atoms with Crippen molar-refractivity contribution >= 4 is 28.2 Å². The van der Waals surface area contributed by atoms with E-state index in [1.807, 2.05) is 20.8 Å². The smallest absolute Gasteiger partial charge is 0.276 e. The number of hydrogen-bond acceptors (Lipinski definition) is 6. The van der Waals surface area contributed by atoms with Crippen LogP contribution < -0.4 is 10.9 Å². The van der Waals surface area contributed by atoms with Crippen molar-refractivity contribution < 1.29 is 4.79 Å². The molecule has 1 amide bonds. The van der Waals surface area contributed by atoms with Crippen molar-refractivity contribution in [2.75, 3.05) is 5.32 Å². The second-order valence-electron chi connectivity index (χ2n) is 6.54.